The molecule has 7 heteroatoms. The number of carbonyl (C=O) groups is 1. The van der Waals surface area contributed by atoms with Gasteiger partial charge in [-0.25, -0.2) is 0 Å². The van der Waals surface area contributed by atoms with Crippen LogP contribution in [0.4, 0.5) is 0 Å². The molecule has 0 radical (unpaired) electrons. The Morgan fingerprint density at radius 3 is 2.62 bits per heavy atom. The number of amidine groups is 1. The second-order valence-corrected chi connectivity index (χ2v) is 8.71. The summed E-state index contributed by atoms with van der Waals surface area (Å²) in [7, 11) is 0. The molecule has 0 saturated carbocycles. The van der Waals surface area contributed by atoms with Gasteiger partial charge in [0, 0.05) is 25.2 Å². The van der Waals surface area contributed by atoms with Gasteiger partial charge in [-0.15, -0.1) is 0 Å². The predicted molar refractivity (Wildman–Crippen MR) is 99.5 cm³/mol. The van der Waals surface area contributed by atoms with Crippen molar-refractivity contribution in [3.05, 3.63) is 0 Å². The lowest BCUT2D eigenvalue weighted by atomic mass is 9.99. The van der Waals surface area contributed by atoms with Crippen molar-refractivity contribution in [2.24, 2.45) is 22.1 Å². The average Bonchev–Trinajstić information content (AvgIpc) is 2.95. The standard InChI is InChI=1S/C17H30N4O2S/c1-17(2,3)15(18)24-16(19)20-14(22)13-5-4-8-21(13)11-12-6-9-23-10-7-12/h12-13,18H,4-11H2,1-3H3,(H2,19,20,22). The quantitative estimate of drug-likeness (QED) is 0.600. The first kappa shape index (κ1) is 19.4. The van der Waals surface area contributed by atoms with E-state index in [2.05, 4.69) is 9.89 Å². The number of nitrogens with one attached hydrogen (secondary N) is 1. The zero-order valence-electron chi connectivity index (χ0n) is 15.0. The Bertz CT molecular complexity index is 495. The third-order valence-corrected chi connectivity index (χ3v) is 5.71. The summed E-state index contributed by atoms with van der Waals surface area (Å²) in [6, 6.07) is -0.157. The third kappa shape index (κ3) is 5.57. The second kappa shape index (κ2) is 8.45. The molecule has 24 heavy (non-hydrogen) atoms. The minimum atomic E-state index is -0.281. The van der Waals surface area contributed by atoms with Gasteiger partial charge in [-0.1, -0.05) is 20.8 Å². The maximum atomic E-state index is 12.5. The molecule has 0 aromatic heterocycles. The van der Waals surface area contributed by atoms with Gasteiger partial charge in [0.25, 0.3) is 5.91 Å². The van der Waals surface area contributed by atoms with Gasteiger partial charge in [-0.3, -0.25) is 15.1 Å². The minimum Gasteiger partial charge on any atom is -0.381 e. The molecule has 136 valence electrons. The number of amides is 1. The molecule has 1 unspecified atom stereocenters. The number of nitrogens with two attached hydrogens (primary N) is 1. The third-order valence-electron chi connectivity index (χ3n) is 4.59. The van der Waals surface area contributed by atoms with Crippen LogP contribution >= 0.6 is 11.8 Å². The zero-order valence-corrected chi connectivity index (χ0v) is 15.8. The van der Waals surface area contributed by atoms with Gasteiger partial charge >= 0.3 is 0 Å². The number of aliphatic imine (C=N–C) groups is 1. The summed E-state index contributed by atoms with van der Waals surface area (Å²) < 4.78 is 5.41. The highest BCUT2D eigenvalue weighted by Crippen LogP contribution is 2.25. The fourth-order valence-corrected chi connectivity index (χ4v) is 3.70. The van der Waals surface area contributed by atoms with E-state index in [1.54, 1.807) is 0 Å². The molecule has 0 aliphatic carbocycles. The number of hydrogen-bond acceptors (Lipinski definition) is 5. The van der Waals surface area contributed by atoms with E-state index in [0.717, 1.165) is 63.7 Å². The van der Waals surface area contributed by atoms with Crippen molar-refractivity contribution in [3.63, 3.8) is 0 Å². The van der Waals surface area contributed by atoms with Crippen molar-refractivity contribution in [1.82, 2.24) is 4.90 Å². The normalized spacial score (nSPS) is 24.3. The SMILES string of the molecule is CC(C)(C)C(=N)SC(N)=NC(=O)C1CCCN1CC1CCOCC1. The van der Waals surface area contributed by atoms with Gasteiger partial charge in [0.1, 0.15) is 0 Å². The van der Waals surface area contributed by atoms with Gasteiger partial charge < -0.3 is 10.5 Å². The molecule has 0 bridgehead atoms. The van der Waals surface area contributed by atoms with E-state index >= 15 is 0 Å². The van der Waals surface area contributed by atoms with E-state index in [-0.39, 0.29) is 22.5 Å². The lowest BCUT2D eigenvalue weighted by molar-refractivity contribution is -0.122. The van der Waals surface area contributed by atoms with E-state index in [4.69, 9.17) is 15.9 Å². The molecular weight excluding hydrogens is 324 g/mol. The molecule has 0 aromatic rings. The summed E-state index contributed by atoms with van der Waals surface area (Å²) in [6.07, 6.45) is 4.02. The molecular formula is C17H30N4O2S. The van der Waals surface area contributed by atoms with Gasteiger partial charge in [0.15, 0.2) is 5.17 Å². The van der Waals surface area contributed by atoms with Gasteiger partial charge in [-0.2, -0.15) is 4.99 Å². The molecule has 2 heterocycles. The molecule has 2 fully saturated rings. The van der Waals surface area contributed by atoms with Crippen LogP contribution < -0.4 is 5.73 Å². The maximum absolute atomic E-state index is 12.5. The second-order valence-electron chi connectivity index (χ2n) is 7.68. The molecule has 1 atom stereocenters. The summed E-state index contributed by atoms with van der Waals surface area (Å²) in [6.45, 7) is 9.40. The van der Waals surface area contributed by atoms with Crippen LogP contribution in [0.25, 0.3) is 0 Å². The topological polar surface area (TPSA) is 91.8 Å². The van der Waals surface area contributed by atoms with Crippen LogP contribution in [0.1, 0.15) is 46.5 Å². The van der Waals surface area contributed by atoms with E-state index in [1.807, 2.05) is 20.8 Å². The molecule has 1 amide bonds. The lowest BCUT2D eigenvalue weighted by Gasteiger charge is -2.29. The van der Waals surface area contributed by atoms with E-state index in [9.17, 15) is 4.79 Å². The van der Waals surface area contributed by atoms with Crippen molar-refractivity contribution in [2.45, 2.75) is 52.5 Å². The van der Waals surface area contributed by atoms with Crippen molar-refractivity contribution in [3.8, 4) is 0 Å². The molecule has 2 aliphatic heterocycles. The maximum Gasteiger partial charge on any atom is 0.265 e. The Labute approximate surface area is 149 Å². The average molecular weight is 355 g/mol. The van der Waals surface area contributed by atoms with Crippen molar-refractivity contribution in [1.29, 1.82) is 5.41 Å². The number of nitrogens with zero attached hydrogens (tertiary/aromatic N) is 2. The highest BCUT2D eigenvalue weighted by molar-refractivity contribution is 8.26. The first-order valence-electron chi connectivity index (χ1n) is 8.74. The summed E-state index contributed by atoms with van der Waals surface area (Å²) in [4.78, 5) is 18.8. The molecule has 2 rings (SSSR count). The molecule has 3 N–H and O–H groups in total. The predicted octanol–water partition coefficient (Wildman–Crippen LogP) is 2.48. The summed E-state index contributed by atoms with van der Waals surface area (Å²) in [5.74, 6) is 0.447. The Hall–Kier alpha value is -0.920. The van der Waals surface area contributed by atoms with Crippen LogP contribution in [0.3, 0.4) is 0 Å². The Morgan fingerprint density at radius 1 is 1.33 bits per heavy atom. The van der Waals surface area contributed by atoms with Crippen LogP contribution in [-0.4, -0.2) is 53.4 Å². The van der Waals surface area contributed by atoms with Gasteiger partial charge in [0.05, 0.1) is 11.1 Å². The van der Waals surface area contributed by atoms with Crippen LogP contribution in [0.5, 0.6) is 0 Å². The van der Waals surface area contributed by atoms with Crippen LogP contribution in [-0.2, 0) is 9.53 Å². The molecule has 0 aromatic carbocycles. The number of rotatable bonds is 3. The van der Waals surface area contributed by atoms with Crippen LogP contribution in [0.2, 0.25) is 0 Å². The van der Waals surface area contributed by atoms with E-state index in [0.29, 0.717) is 11.0 Å². The zero-order chi connectivity index (χ0) is 17.7. The number of thioether (sulfide) groups is 1. The molecule has 0 spiro atoms. The largest absolute Gasteiger partial charge is 0.381 e. The summed E-state index contributed by atoms with van der Waals surface area (Å²) in [5, 5.41) is 8.60. The Balaban J connectivity index is 1.92. The number of hydrogen-bond donors (Lipinski definition) is 2. The highest BCUT2D eigenvalue weighted by Gasteiger charge is 2.32. The monoisotopic (exact) mass is 354 g/mol. The van der Waals surface area contributed by atoms with E-state index < -0.39 is 0 Å². The van der Waals surface area contributed by atoms with Crippen LogP contribution in [0, 0.1) is 16.7 Å². The lowest BCUT2D eigenvalue weighted by Crippen LogP contribution is -2.40. The number of ether oxygens (including phenoxy) is 1. The van der Waals surface area contributed by atoms with E-state index in [1.165, 1.54) is 0 Å². The van der Waals surface area contributed by atoms with Crippen molar-refractivity contribution < 1.29 is 9.53 Å². The summed E-state index contributed by atoms with van der Waals surface area (Å²) >= 11 is 1.09. The summed E-state index contributed by atoms with van der Waals surface area (Å²) in [5.41, 5.74) is 5.60. The first-order chi connectivity index (χ1) is 11.3. The highest BCUT2D eigenvalue weighted by atomic mass is 32.2. The Morgan fingerprint density at radius 2 is 2.00 bits per heavy atom. The fraction of sp³-hybridized carbons (Fsp3) is 0.824. The van der Waals surface area contributed by atoms with Crippen LogP contribution in [0.15, 0.2) is 4.99 Å². The van der Waals surface area contributed by atoms with Gasteiger partial charge in [0.2, 0.25) is 0 Å². The molecule has 2 saturated heterocycles. The number of carbonyl (C=O) groups excluding carboxylic acids is 1. The van der Waals surface area contributed by atoms with Gasteiger partial charge in [-0.05, 0) is 49.9 Å². The first-order valence-corrected chi connectivity index (χ1v) is 9.55. The molecule has 6 nitrogen and oxygen atoms in total. The van der Waals surface area contributed by atoms with Crippen molar-refractivity contribution in [2.75, 3.05) is 26.3 Å². The Kier molecular flexibility index (Phi) is 6.83. The number of likely N-dealkylation sites (tertiary alicyclic amines) is 1. The fourth-order valence-electron chi connectivity index (χ4n) is 3.05. The minimum absolute atomic E-state index is 0.157. The smallest absolute Gasteiger partial charge is 0.265 e. The molecule has 2 aliphatic rings. The van der Waals surface area contributed by atoms with Crippen molar-refractivity contribution >= 4 is 27.9 Å².